The standard InChI is InChI=1S/C20H26N4O/c1-23(2)18(16-9-4-3-5-10-16)15-22-20(25)17-11-8-12-21-19(17)24-13-6-7-14-24/h3-5,8-12,18H,6-7,13-15H2,1-2H3,(H,22,25). The van der Waals surface area contributed by atoms with E-state index in [-0.39, 0.29) is 11.9 Å². The van der Waals surface area contributed by atoms with E-state index in [9.17, 15) is 4.79 Å². The monoisotopic (exact) mass is 338 g/mol. The van der Waals surface area contributed by atoms with Gasteiger partial charge in [-0.05, 0) is 44.6 Å². The minimum Gasteiger partial charge on any atom is -0.356 e. The molecule has 2 aromatic rings. The predicted molar refractivity (Wildman–Crippen MR) is 101 cm³/mol. The van der Waals surface area contributed by atoms with Crippen molar-refractivity contribution in [1.82, 2.24) is 15.2 Å². The van der Waals surface area contributed by atoms with Gasteiger partial charge in [0.15, 0.2) is 0 Å². The molecule has 2 heterocycles. The van der Waals surface area contributed by atoms with Crippen molar-refractivity contribution in [3.63, 3.8) is 0 Å². The first-order valence-electron chi connectivity index (χ1n) is 8.86. The average molecular weight is 338 g/mol. The van der Waals surface area contributed by atoms with Crippen molar-refractivity contribution in [3.8, 4) is 0 Å². The minimum absolute atomic E-state index is 0.0576. The summed E-state index contributed by atoms with van der Waals surface area (Å²) in [5.74, 6) is 0.747. The summed E-state index contributed by atoms with van der Waals surface area (Å²) in [5, 5.41) is 3.10. The largest absolute Gasteiger partial charge is 0.356 e. The summed E-state index contributed by atoms with van der Waals surface area (Å²) in [7, 11) is 4.06. The number of benzene rings is 1. The molecule has 1 unspecified atom stereocenters. The van der Waals surface area contributed by atoms with Crippen LogP contribution in [0.5, 0.6) is 0 Å². The van der Waals surface area contributed by atoms with Crippen LogP contribution in [0.2, 0.25) is 0 Å². The smallest absolute Gasteiger partial charge is 0.255 e. The van der Waals surface area contributed by atoms with Crippen LogP contribution in [-0.4, -0.2) is 49.5 Å². The van der Waals surface area contributed by atoms with Crippen molar-refractivity contribution >= 4 is 11.7 Å². The molecule has 1 aliphatic rings. The Labute approximate surface area is 149 Å². The van der Waals surface area contributed by atoms with Crippen LogP contribution in [0.25, 0.3) is 0 Å². The summed E-state index contributed by atoms with van der Waals surface area (Å²) in [6.45, 7) is 2.51. The van der Waals surface area contributed by atoms with E-state index in [1.54, 1.807) is 6.20 Å². The molecule has 5 heteroatoms. The second-order valence-electron chi connectivity index (χ2n) is 6.67. The van der Waals surface area contributed by atoms with Crippen molar-refractivity contribution < 1.29 is 4.79 Å². The Balaban J connectivity index is 1.72. The molecule has 0 spiro atoms. The lowest BCUT2D eigenvalue weighted by Crippen LogP contribution is -2.35. The zero-order valence-electron chi connectivity index (χ0n) is 15.0. The second kappa shape index (κ2) is 8.12. The van der Waals surface area contributed by atoms with E-state index in [1.165, 1.54) is 5.56 Å². The number of hydrogen-bond acceptors (Lipinski definition) is 4. The number of pyridine rings is 1. The molecule has 0 radical (unpaired) electrons. The summed E-state index contributed by atoms with van der Waals surface area (Å²) >= 11 is 0. The molecule has 1 amide bonds. The third kappa shape index (κ3) is 4.17. The van der Waals surface area contributed by atoms with Gasteiger partial charge in [0.05, 0.1) is 11.6 Å². The van der Waals surface area contributed by atoms with E-state index in [1.807, 2.05) is 44.4 Å². The number of rotatable bonds is 6. The van der Waals surface area contributed by atoms with Gasteiger partial charge in [0.1, 0.15) is 5.82 Å². The molecular formula is C20H26N4O. The van der Waals surface area contributed by atoms with E-state index < -0.39 is 0 Å². The fourth-order valence-corrected chi connectivity index (χ4v) is 3.31. The maximum Gasteiger partial charge on any atom is 0.255 e. The topological polar surface area (TPSA) is 48.5 Å². The number of carbonyl (C=O) groups is 1. The zero-order chi connectivity index (χ0) is 17.6. The highest BCUT2D eigenvalue weighted by Crippen LogP contribution is 2.22. The van der Waals surface area contributed by atoms with E-state index in [4.69, 9.17) is 0 Å². The summed E-state index contributed by atoms with van der Waals surface area (Å²) in [4.78, 5) is 21.6. The number of anilines is 1. The molecule has 1 aromatic carbocycles. The SMILES string of the molecule is CN(C)C(CNC(=O)c1cccnc1N1CCCC1)c1ccccc1. The average Bonchev–Trinajstić information content (AvgIpc) is 3.17. The van der Waals surface area contributed by atoms with E-state index >= 15 is 0 Å². The Bertz CT molecular complexity index is 696. The predicted octanol–water partition coefficient (Wildman–Crippen LogP) is 2.71. The van der Waals surface area contributed by atoms with Crippen molar-refractivity contribution in [3.05, 3.63) is 59.8 Å². The summed E-state index contributed by atoms with van der Waals surface area (Å²) in [6.07, 6.45) is 4.08. The van der Waals surface area contributed by atoms with Crippen LogP contribution >= 0.6 is 0 Å². The first-order chi connectivity index (χ1) is 12.2. The van der Waals surface area contributed by atoms with Crippen molar-refractivity contribution in [2.24, 2.45) is 0 Å². The summed E-state index contributed by atoms with van der Waals surface area (Å²) in [6, 6.07) is 14.1. The van der Waals surface area contributed by atoms with Crippen LogP contribution in [0.15, 0.2) is 48.7 Å². The van der Waals surface area contributed by atoms with Crippen LogP contribution < -0.4 is 10.2 Å². The molecule has 25 heavy (non-hydrogen) atoms. The number of nitrogens with one attached hydrogen (secondary N) is 1. The zero-order valence-corrected chi connectivity index (χ0v) is 15.0. The lowest BCUT2D eigenvalue weighted by molar-refractivity contribution is 0.0942. The maximum atomic E-state index is 12.8. The fraction of sp³-hybridized carbons (Fsp3) is 0.400. The minimum atomic E-state index is -0.0576. The number of aromatic nitrogens is 1. The summed E-state index contributed by atoms with van der Waals surface area (Å²) < 4.78 is 0. The maximum absolute atomic E-state index is 12.8. The molecule has 1 saturated heterocycles. The molecule has 1 N–H and O–H groups in total. The van der Waals surface area contributed by atoms with Gasteiger partial charge in [-0.3, -0.25) is 4.79 Å². The first-order valence-corrected chi connectivity index (χ1v) is 8.86. The van der Waals surface area contributed by atoms with Crippen molar-refractivity contribution in [1.29, 1.82) is 0 Å². The van der Waals surface area contributed by atoms with Crippen LogP contribution in [0.1, 0.15) is 34.8 Å². The molecule has 0 bridgehead atoms. The quantitative estimate of drug-likeness (QED) is 0.880. The van der Waals surface area contributed by atoms with Gasteiger partial charge in [-0.25, -0.2) is 4.98 Å². The lowest BCUT2D eigenvalue weighted by atomic mass is 10.1. The van der Waals surface area contributed by atoms with Gasteiger partial charge in [0.25, 0.3) is 5.91 Å². The number of amides is 1. The number of hydrogen-bond donors (Lipinski definition) is 1. The Kier molecular flexibility index (Phi) is 5.66. The molecule has 132 valence electrons. The number of carbonyl (C=O) groups excluding carboxylic acids is 1. The van der Waals surface area contributed by atoms with Crippen LogP contribution in [0.3, 0.4) is 0 Å². The Morgan fingerprint density at radius 3 is 2.56 bits per heavy atom. The van der Waals surface area contributed by atoms with Gasteiger partial charge >= 0.3 is 0 Å². The number of likely N-dealkylation sites (N-methyl/N-ethyl adjacent to an activating group) is 1. The molecule has 3 rings (SSSR count). The van der Waals surface area contributed by atoms with Crippen molar-refractivity contribution in [2.45, 2.75) is 18.9 Å². The third-order valence-corrected chi connectivity index (χ3v) is 4.70. The highest BCUT2D eigenvalue weighted by atomic mass is 16.1. The van der Waals surface area contributed by atoms with Gasteiger partial charge in [0, 0.05) is 25.8 Å². The highest BCUT2D eigenvalue weighted by Gasteiger charge is 2.21. The van der Waals surface area contributed by atoms with Gasteiger partial charge in [0.2, 0.25) is 0 Å². The highest BCUT2D eigenvalue weighted by molar-refractivity contribution is 5.98. The van der Waals surface area contributed by atoms with E-state index in [0.29, 0.717) is 12.1 Å². The molecule has 0 aliphatic carbocycles. The van der Waals surface area contributed by atoms with Crippen molar-refractivity contribution in [2.75, 3.05) is 38.6 Å². The van der Waals surface area contributed by atoms with E-state index in [2.05, 4.69) is 32.2 Å². The Morgan fingerprint density at radius 1 is 1.16 bits per heavy atom. The summed E-state index contributed by atoms with van der Waals surface area (Å²) in [5.41, 5.74) is 1.86. The Hall–Kier alpha value is -2.40. The van der Waals surface area contributed by atoms with Gasteiger partial charge in [-0.2, -0.15) is 0 Å². The molecule has 1 fully saturated rings. The lowest BCUT2D eigenvalue weighted by Gasteiger charge is -2.25. The van der Waals surface area contributed by atoms with Gasteiger partial charge in [-0.1, -0.05) is 30.3 Å². The molecular weight excluding hydrogens is 312 g/mol. The third-order valence-electron chi connectivity index (χ3n) is 4.70. The molecule has 1 aromatic heterocycles. The van der Waals surface area contributed by atoms with Gasteiger partial charge in [-0.15, -0.1) is 0 Å². The van der Waals surface area contributed by atoms with Crippen LogP contribution in [0.4, 0.5) is 5.82 Å². The van der Waals surface area contributed by atoms with E-state index in [0.717, 1.165) is 31.7 Å². The Morgan fingerprint density at radius 2 is 1.88 bits per heavy atom. The first kappa shape index (κ1) is 17.4. The second-order valence-corrected chi connectivity index (χ2v) is 6.67. The normalized spacial score (nSPS) is 15.4. The fourth-order valence-electron chi connectivity index (χ4n) is 3.31. The molecule has 0 saturated carbocycles. The number of nitrogens with zero attached hydrogens (tertiary/aromatic N) is 3. The van der Waals surface area contributed by atoms with Crippen LogP contribution in [0, 0.1) is 0 Å². The molecule has 5 nitrogen and oxygen atoms in total. The van der Waals surface area contributed by atoms with Crippen LogP contribution in [-0.2, 0) is 0 Å². The molecule has 1 atom stereocenters. The molecule has 1 aliphatic heterocycles. The van der Waals surface area contributed by atoms with Gasteiger partial charge < -0.3 is 15.1 Å².